The summed E-state index contributed by atoms with van der Waals surface area (Å²) in [4.78, 5) is 4.41. The van der Waals surface area contributed by atoms with Crippen LogP contribution in [0.5, 0.6) is 0 Å². The molecule has 0 aliphatic rings. The number of rotatable bonds is 3. The number of nitrogen functional groups attached to an aromatic ring is 1. The van der Waals surface area contributed by atoms with Crippen molar-refractivity contribution in [3.8, 4) is 0 Å². The zero-order valence-corrected chi connectivity index (χ0v) is 11.6. The van der Waals surface area contributed by atoms with Crippen molar-refractivity contribution in [2.75, 3.05) is 5.73 Å². The number of nitrogens with two attached hydrogens (primary N) is 1. The standard InChI is InChI=1S/C16H16FN3O/c1-10(21)16-19-14-8-12(18)6-7-15(14)20(16)9-11-4-2-3-5-13(11)17/h2-8,10,21H,9,18H2,1H3. The van der Waals surface area contributed by atoms with E-state index in [9.17, 15) is 9.50 Å². The van der Waals surface area contributed by atoms with Gasteiger partial charge in [-0.2, -0.15) is 0 Å². The van der Waals surface area contributed by atoms with E-state index in [0.29, 0.717) is 29.1 Å². The lowest BCUT2D eigenvalue weighted by Crippen LogP contribution is -2.09. The van der Waals surface area contributed by atoms with Crippen LogP contribution in [0.1, 0.15) is 24.4 Å². The number of hydrogen-bond acceptors (Lipinski definition) is 3. The van der Waals surface area contributed by atoms with Gasteiger partial charge in [-0.05, 0) is 31.2 Å². The molecule has 1 unspecified atom stereocenters. The van der Waals surface area contributed by atoms with E-state index in [-0.39, 0.29) is 5.82 Å². The topological polar surface area (TPSA) is 64.1 Å². The zero-order chi connectivity index (χ0) is 15.0. The van der Waals surface area contributed by atoms with Gasteiger partial charge in [-0.25, -0.2) is 9.37 Å². The van der Waals surface area contributed by atoms with Gasteiger partial charge in [-0.1, -0.05) is 18.2 Å². The van der Waals surface area contributed by atoms with Crippen LogP contribution in [0.2, 0.25) is 0 Å². The summed E-state index contributed by atoms with van der Waals surface area (Å²) in [5.41, 5.74) is 8.44. The Bertz CT molecular complexity index is 795. The molecule has 0 fully saturated rings. The Morgan fingerprint density at radius 1 is 1.29 bits per heavy atom. The predicted molar refractivity (Wildman–Crippen MR) is 80.3 cm³/mol. The molecule has 0 bridgehead atoms. The van der Waals surface area contributed by atoms with Crippen LogP contribution in [0.3, 0.4) is 0 Å². The lowest BCUT2D eigenvalue weighted by Gasteiger charge is -2.11. The van der Waals surface area contributed by atoms with E-state index in [4.69, 9.17) is 5.73 Å². The van der Waals surface area contributed by atoms with E-state index in [0.717, 1.165) is 5.52 Å². The van der Waals surface area contributed by atoms with E-state index in [1.807, 2.05) is 10.6 Å². The van der Waals surface area contributed by atoms with Gasteiger partial charge in [-0.15, -0.1) is 0 Å². The normalized spacial score (nSPS) is 12.7. The van der Waals surface area contributed by atoms with Crippen molar-refractivity contribution in [3.05, 3.63) is 59.7 Å². The number of aliphatic hydroxyl groups excluding tert-OH is 1. The first-order valence-electron chi connectivity index (χ1n) is 6.73. The van der Waals surface area contributed by atoms with E-state index >= 15 is 0 Å². The van der Waals surface area contributed by atoms with Crippen molar-refractivity contribution in [2.45, 2.75) is 19.6 Å². The summed E-state index contributed by atoms with van der Waals surface area (Å²) in [6.45, 7) is 1.95. The molecule has 0 aliphatic carbocycles. The minimum absolute atomic E-state index is 0.272. The summed E-state index contributed by atoms with van der Waals surface area (Å²) >= 11 is 0. The number of benzene rings is 2. The number of halogens is 1. The molecule has 0 saturated carbocycles. The Morgan fingerprint density at radius 2 is 2.05 bits per heavy atom. The Labute approximate surface area is 121 Å². The van der Waals surface area contributed by atoms with Crippen LogP contribution in [-0.2, 0) is 6.54 Å². The Morgan fingerprint density at radius 3 is 2.76 bits per heavy atom. The summed E-state index contributed by atoms with van der Waals surface area (Å²) in [7, 11) is 0. The second-order valence-corrected chi connectivity index (χ2v) is 5.07. The SMILES string of the molecule is CC(O)c1nc2cc(N)ccc2n1Cc1ccccc1F. The molecule has 1 heterocycles. The van der Waals surface area contributed by atoms with Crippen LogP contribution in [0.25, 0.3) is 11.0 Å². The fourth-order valence-electron chi connectivity index (χ4n) is 2.45. The third kappa shape index (κ3) is 2.48. The molecule has 2 aromatic carbocycles. The molecule has 0 amide bonds. The molecule has 0 spiro atoms. The van der Waals surface area contributed by atoms with Crippen molar-refractivity contribution in [1.82, 2.24) is 9.55 Å². The largest absolute Gasteiger partial charge is 0.399 e. The number of aromatic nitrogens is 2. The highest BCUT2D eigenvalue weighted by atomic mass is 19.1. The van der Waals surface area contributed by atoms with Crippen molar-refractivity contribution >= 4 is 16.7 Å². The number of hydrogen-bond donors (Lipinski definition) is 2. The molecule has 3 rings (SSSR count). The molecule has 0 saturated heterocycles. The highest BCUT2D eigenvalue weighted by Crippen LogP contribution is 2.24. The van der Waals surface area contributed by atoms with Gasteiger partial charge in [0.25, 0.3) is 0 Å². The molecule has 0 aliphatic heterocycles. The molecular weight excluding hydrogens is 269 g/mol. The third-order valence-corrected chi connectivity index (χ3v) is 3.46. The minimum atomic E-state index is -0.745. The molecule has 0 radical (unpaired) electrons. The average molecular weight is 285 g/mol. The van der Waals surface area contributed by atoms with Crippen LogP contribution in [-0.4, -0.2) is 14.7 Å². The molecule has 5 heteroatoms. The summed E-state index contributed by atoms with van der Waals surface area (Å²) in [6, 6.07) is 12.0. The summed E-state index contributed by atoms with van der Waals surface area (Å²) in [6.07, 6.45) is -0.745. The van der Waals surface area contributed by atoms with Crippen LogP contribution in [0.4, 0.5) is 10.1 Å². The number of imidazole rings is 1. The van der Waals surface area contributed by atoms with Crippen LogP contribution in [0, 0.1) is 5.82 Å². The van der Waals surface area contributed by atoms with Gasteiger partial charge in [0, 0.05) is 11.3 Å². The maximum Gasteiger partial charge on any atom is 0.138 e. The second kappa shape index (κ2) is 5.18. The van der Waals surface area contributed by atoms with Gasteiger partial charge < -0.3 is 15.4 Å². The fourth-order valence-corrected chi connectivity index (χ4v) is 2.45. The maximum absolute atomic E-state index is 13.9. The quantitative estimate of drug-likeness (QED) is 0.727. The monoisotopic (exact) mass is 285 g/mol. The molecule has 108 valence electrons. The lowest BCUT2D eigenvalue weighted by atomic mass is 10.2. The van der Waals surface area contributed by atoms with Crippen LogP contribution >= 0.6 is 0 Å². The van der Waals surface area contributed by atoms with Gasteiger partial charge in [0.15, 0.2) is 0 Å². The highest BCUT2D eigenvalue weighted by molar-refractivity contribution is 5.79. The summed E-state index contributed by atoms with van der Waals surface area (Å²) < 4.78 is 15.7. The van der Waals surface area contributed by atoms with Crippen LogP contribution < -0.4 is 5.73 Å². The molecule has 21 heavy (non-hydrogen) atoms. The molecule has 4 nitrogen and oxygen atoms in total. The van der Waals surface area contributed by atoms with E-state index in [2.05, 4.69) is 4.98 Å². The smallest absolute Gasteiger partial charge is 0.138 e. The summed E-state index contributed by atoms with van der Waals surface area (Å²) in [5.74, 6) is 0.227. The molecule has 1 aromatic heterocycles. The first-order valence-corrected chi connectivity index (χ1v) is 6.73. The Balaban J connectivity index is 2.16. The fraction of sp³-hybridized carbons (Fsp3) is 0.188. The second-order valence-electron chi connectivity index (χ2n) is 5.07. The minimum Gasteiger partial charge on any atom is -0.399 e. The Hall–Kier alpha value is -2.40. The van der Waals surface area contributed by atoms with Crippen molar-refractivity contribution in [3.63, 3.8) is 0 Å². The van der Waals surface area contributed by atoms with Gasteiger partial charge >= 0.3 is 0 Å². The predicted octanol–water partition coefficient (Wildman–Crippen LogP) is 2.86. The third-order valence-electron chi connectivity index (χ3n) is 3.46. The van der Waals surface area contributed by atoms with E-state index in [1.54, 1.807) is 37.3 Å². The van der Waals surface area contributed by atoms with Gasteiger partial charge in [-0.3, -0.25) is 0 Å². The summed E-state index contributed by atoms with van der Waals surface area (Å²) in [5, 5.41) is 9.91. The van der Waals surface area contributed by atoms with Gasteiger partial charge in [0.05, 0.1) is 17.6 Å². The first-order chi connectivity index (χ1) is 10.1. The average Bonchev–Trinajstić information content (AvgIpc) is 2.79. The molecule has 3 aromatic rings. The van der Waals surface area contributed by atoms with Crippen LogP contribution in [0.15, 0.2) is 42.5 Å². The molecule has 3 N–H and O–H groups in total. The number of nitrogens with zero attached hydrogens (tertiary/aromatic N) is 2. The van der Waals surface area contributed by atoms with Crippen molar-refractivity contribution in [2.24, 2.45) is 0 Å². The maximum atomic E-state index is 13.9. The molecular formula is C16H16FN3O. The van der Waals surface area contributed by atoms with Crippen molar-refractivity contribution in [1.29, 1.82) is 0 Å². The van der Waals surface area contributed by atoms with Crippen molar-refractivity contribution < 1.29 is 9.50 Å². The highest BCUT2D eigenvalue weighted by Gasteiger charge is 2.16. The van der Waals surface area contributed by atoms with Gasteiger partial charge in [0.2, 0.25) is 0 Å². The number of anilines is 1. The molecule has 1 atom stereocenters. The van der Waals surface area contributed by atoms with Gasteiger partial charge in [0.1, 0.15) is 17.7 Å². The Kier molecular flexibility index (Phi) is 3.35. The lowest BCUT2D eigenvalue weighted by molar-refractivity contribution is 0.185. The first kappa shape index (κ1) is 13.6. The van der Waals surface area contributed by atoms with E-state index < -0.39 is 6.10 Å². The zero-order valence-electron chi connectivity index (χ0n) is 11.6. The van der Waals surface area contributed by atoms with E-state index in [1.165, 1.54) is 6.07 Å². The number of aliphatic hydroxyl groups is 1. The number of fused-ring (bicyclic) bond motifs is 1.